The van der Waals surface area contributed by atoms with Crippen molar-refractivity contribution in [2.45, 2.75) is 31.2 Å². The molecule has 21 heavy (non-hydrogen) atoms. The molecule has 0 aromatic heterocycles. The molecule has 1 aromatic rings. The lowest BCUT2D eigenvalue weighted by Crippen LogP contribution is -2.06. The molecule has 8 heteroatoms. The second-order valence-corrected chi connectivity index (χ2v) is 5.77. The first-order valence-corrected chi connectivity index (χ1v) is 7.19. The Kier molecular flexibility index (Phi) is 6.57. The number of nitro benzene ring substituents is 1. The molecule has 2 N–H and O–H groups in total. The molecule has 0 radical (unpaired) electrons. The lowest BCUT2D eigenvalue weighted by Gasteiger charge is -2.13. The van der Waals surface area contributed by atoms with Crippen LogP contribution in [-0.4, -0.2) is 27.7 Å². The van der Waals surface area contributed by atoms with Gasteiger partial charge in [-0.25, -0.2) is 0 Å². The molecule has 116 valence electrons. The Morgan fingerprint density at radius 2 is 2.19 bits per heavy atom. The highest BCUT2D eigenvalue weighted by Gasteiger charge is 2.21. The van der Waals surface area contributed by atoms with Gasteiger partial charge in [0.05, 0.1) is 24.2 Å². The smallest absolute Gasteiger partial charge is 0.303 e. The number of ether oxygens (including phenoxy) is 1. The van der Waals surface area contributed by atoms with E-state index in [1.54, 1.807) is 6.92 Å². The van der Waals surface area contributed by atoms with Crippen molar-refractivity contribution in [3.8, 4) is 5.75 Å². The van der Waals surface area contributed by atoms with Gasteiger partial charge in [-0.2, -0.15) is 0 Å². The van der Waals surface area contributed by atoms with Crippen molar-refractivity contribution < 1.29 is 24.7 Å². The number of rotatable bonds is 8. The van der Waals surface area contributed by atoms with Gasteiger partial charge in [0.1, 0.15) is 5.75 Å². The topological polar surface area (TPSA) is 110 Å². The number of carboxylic acids is 1. The van der Waals surface area contributed by atoms with Crippen LogP contribution < -0.4 is 4.74 Å². The number of nitro groups is 1. The third kappa shape index (κ3) is 4.98. The van der Waals surface area contributed by atoms with E-state index >= 15 is 0 Å². The fourth-order valence-electron chi connectivity index (χ4n) is 1.77. The van der Waals surface area contributed by atoms with Crippen LogP contribution in [0.4, 0.5) is 5.69 Å². The highest BCUT2D eigenvalue weighted by atomic mass is 79.9. The predicted octanol–water partition coefficient (Wildman–Crippen LogP) is 2.79. The van der Waals surface area contributed by atoms with E-state index < -0.39 is 10.9 Å². The van der Waals surface area contributed by atoms with Gasteiger partial charge in [0, 0.05) is 22.4 Å². The van der Waals surface area contributed by atoms with Crippen LogP contribution in [0.3, 0.4) is 0 Å². The number of hydrogen-bond acceptors (Lipinski definition) is 5. The number of nitrogens with zero attached hydrogens (tertiary/aromatic N) is 1. The summed E-state index contributed by atoms with van der Waals surface area (Å²) < 4.78 is 5.36. The maximum atomic E-state index is 11.1. The number of halogens is 1. The van der Waals surface area contributed by atoms with Crippen molar-refractivity contribution in [1.29, 1.82) is 0 Å². The first kappa shape index (κ1) is 17.4. The van der Waals surface area contributed by atoms with Gasteiger partial charge in [-0.3, -0.25) is 14.9 Å². The molecule has 1 atom stereocenters. The fourth-order valence-corrected chi connectivity index (χ4v) is 2.14. The number of aliphatic hydroxyl groups excluding tert-OH is 1. The van der Waals surface area contributed by atoms with Gasteiger partial charge in [0.2, 0.25) is 0 Å². The Balaban J connectivity index is 2.99. The Bertz CT molecular complexity index is 532. The van der Waals surface area contributed by atoms with Gasteiger partial charge in [0.15, 0.2) is 0 Å². The summed E-state index contributed by atoms with van der Waals surface area (Å²) in [6.45, 7) is 1.54. The van der Waals surface area contributed by atoms with Gasteiger partial charge in [0.25, 0.3) is 5.69 Å². The molecule has 1 unspecified atom stereocenters. The molecule has 0 saturated heterocycles. The van der Waals surface area contributed by atoms with E-state index in [-0.39, 0.29) is 42.3 Å². The summed E-state index contributed by atoms with van der Waals surface area (Å²) in [5.74, 6) is -0.734. The SMILES string of the molecule is CC(Br)c1cc(CO)c(OCCCC(=O)O)cc1[N+](=O)[O-]. The van der Waals surface area contributed by atoms with Crippen molar-refractivity contribution >= 4 is 27.6 Å². The Hall–Kier alpha value is -1.67. The van der Waals surface area contributed by atoms with E-state index in [9.17, 15) is 20.0 Å². The molecule has 1 rings (SSSR count). The summed E-state index contributed by atoms with van der Waals surface area (Å²) in [5.41, 5.74) is 0.768. The number of aliphatic hydroxyl groups is 1. The summed E-state index contributed by atoms with van der Waals surface area (Å²) in [4.78, 5) is 20.7. The van der Waals surface area contributed by atoms with Crippen molar-refractivity contribution in [3.63, 3.8) is 0 Å². The van der Waals surface area contributed by atoms with Gasteiger partial charge >= 0.3 is 5.97 Å². The van der Waals surface area contributed by atoms with E-state index in [0.29, 0.717) is 11.1 Å². The van der Waals surface area contributed by atoms with Crippen molar-refractivity contribution in [1.82, 2.24) is 0 Å². The van der Waals surface area contributed by atoms with Crippen molar-refractivity contribution in [3.05, 3.63) is 33.4 Å². The molecule has 0 heterocycles. The molecule has 0 aliphatic rings. The standard InChI is InChI=1S/C13H16BrNO6/c1-8(14)10-5-9(7-16)12(6-11(10)15(19)20)21-4-2-3-13(17)18/h5-6,8,16H,2-4,7H2,1H3,(H,17,18). The Labute approximate surface area is 129 Å². The van der Waals surface area contributed by atoms with Gasteiger partial charge in [-0.15, -0.1) is 0 Å². The number of carboxylic acid groups (broad SMARTS) is 1. The molecule has 1 aromatic carbocycles. The molecule has 0 amide bonds. The summed E-state index contributed by atoms with van der Waals surface area (Å²) in [6, 6.07) is 2.78. The van der Waals surface area contributed by atoms with E-state index in [1.165, 1.54) is 12.1 Å². The van der Waals surface area contributed by atoms with Crippen LogP contribution in [-0.2, 0) is 11.4 Å². The van der Waals surface area contributed by atoms with E-state index in [2.05, 4.69) is 15.9 Å². The van der Waals surface area contributed by atoms with Crippen LogP contribution in [0.15, 0.2) is 12.1 Å². The highest BCUT2D eigenvalue weighted by molar-refractivity contribution is 9.09. The molecular weight excluding hydrogens is 346 g/mol. The van der Waals surface area contributed by atoms with E-state index in [0.717, 1.165) is 0 Å². The molecular formula is C13H16BrNO6. The summed E-state index contributed by atoms with van der Waals surface area (Å²) >= 11 is 3.28. The van der Waals surface area contributed by atoms with Crippen LogP contribution in [0, 0.1) is 10.1 Å². The molecule has 0 aliphatic heterocycles. The third-order valence-corrected chi connectivity index (χ3v) is 3.29. The van der Waals surface area contributed by atoms with Crippen molar-refractivity contribution in [2.75, 3.05) is 6.61 Å². The fraction of sp³-hybridized carbons (Fsp3) is 0.462. The second-order valence-electron chi connectivity index (χ2n) is 4.40. The summed E-state index contributed by atoms with van der Waals surface area (Å²) in [5, 5.41) is 29.0. The lowest BCUT2D eigenvalue weighted by molar-refractivity contribution is -0.385. The monoisotopic (exact) mass is 361 g/mol. The zero-order valence-electron chi connectivity index (χ0n) is 11.4. The quantitative estimate of drug-likeness (QED) is 0.318. The zero-order chi connectivity index (χ0) is 16.0. The number of aliphatic carboxylic acids is 1. The largest absolute Gasteiger partial charge is 0.493 e. The number of hydrogen-bond donors (Lipinski definition) is 2. The van der Waals surface area contributed by atoms with E-state index in [4.69, 9.17) is 9.84 Å². The van der Waals surface area contributed by atoms with Crippen LogP contribution in [0.1, 0.15) is 35.7 Å². The van der Waals surface area contributed by atoms with Gasteiger partial charge < -0.3 is 14.9 Å². The predicted molar refractivity (Wildman–Crippen MR) is 78.7 cm³/mol. The normalized spacial score (nSPS) is 12.0. The molecule has 0 saturated carbocycles. The van der Waals surface area contributed by atoms with Crippen molar-refractivity contribution in [2.24, 2.45) is 0 Å². The summed E-state index contributed by atoms with van der Waals surface area (Å²) in [6.07, 6.45) is 0.234. The average Bonchev–Trinajstić information content (AvgIpc) is 2.42. The lowest BCUT2D eigenvalue weighted by atomic mass is 10.1. The van der Waals surface area contributed by atoms with Crippen LogP contribution in [0.5, 0.6) is 5.75 Å². The Morgan fingerprint density at radius 1 is 1.52 bits per heavy atom. The molecule has 0 bridgehead atoms. The second kappa shape index (κ2) is 7.94. The minimum atomic E-state index is -0.935. The molecule has 0 aliphatic carbocycles. The third-order valence-electron chi connectivity index (χ3n) is 2.80. The first-order valence-electron chi connectivity index (χ1n) is 6.27. The average molecular weight is 362 g/mol. The van der Waals surface area contributed by atoms with E-state index in [1.807, 2.05) is 0 Å². The van der Waals surface area contributed by atoms with Gasteiger partial charge in [-0.1, -0.05) is 15.9 Å². The number of alkyl halides is 1. The minimum Gasteiger partial charge on any atom is -0.493 e. The van der Waals surface area contributed by atoms with Crippen LogP contribution >= 0.6 is 15.9 Å². The number of carbonyl (C=O) groups is 1. The molecule has 0 fully saturated rings. The number of benzene rings is 1. The molecule has 7 nitrogen and oxygen atoms in total. The maximum Gasteiger partial charge on any atom is 0.303 e. The zero-order valence-corrected chi connectivity index (χ0v) is 13.0. The maximum absolute atomic E-state index is 11.1. The Morgan fingerprint density at radius 3 is 2.67 bits per heavy atom. The summed E-state index contributed by atoms with van der Waals surface area (Å²) in [7, 11) is 0. The highest BCUT2D eigenvalue weighted by Crippen LogP contribution is 2.36. The minimum absolute atomic E-state index is 0.0485. The van der Waals surface area contributed by atoms with Crippen LogP contribution in [0.2, 0.25) is 0 Å². The van der Waals surface area contributed by atoms with Crippen LogP contribution in [0.25, 0.3) is 0 Å². The molecule has 0 spiro atoms. The van der Waals surface area contributed by atoms with Gasteiger partial charge in [-0.05, 0) is 19.4 Å². The first-order chi connectivity index (χ1) is 9.86.